The highest BCUT2D eigenvalue weighted by Crippen LogP contribution is 2.31. The summed E-state index contributed by atoms with van der Waals surface area (Å²) in [7, 11) is 4.09. The highest BCUT2D eigenvalue weighted by molar-refractivity contribution is 7.17. The van der Waals surface area contributed by atoms with E-state index < -0.39 is 0 Å². The van der Waals surface area contributed by atoms with Crippen molar-refractivity contribution in [3.8, 4) is 0 Å². The fraction of sp³-hybridized carbons (Fsp3) is 0.211. The molecule has 2 aromatic heterocycles. The van der Waals surface area contributed by atoms with Crippen molar-refractivity contribution in [1.29, 1.82) is 0 Å². The van der Waals surface area contributed by atoms with E-state index in [-0.39, 0.29) is 11.9 Å². The summed E-state index contributed by atoms with van der Waals surface area (Å²) in [6.07, 6.45) is 3.44. The van der Waals surface area contributed by atoms with Crippen molar-refractivity contribution in [2.24, 2.45) is 0 Å². The molecule has 0 spiro atoms. The van der Waals surface area contributed by atoms with Gasteiger partial charge in [0, 0.05) is 17.3 Å². The van der Waals surface area contributed by atoms with Crippen LogP contribution in [0.3, 0.4) is 0 Å². The number of amides is 1. The minimum atomic E-state index is -0.0624. The lowest BCUT2D eigenvalue weighted by Gasteiger charge is -2.24. The zero-order valence-electron chi connectivity index (χ0n) is 13.7. The molecular formula is C19H20N2OS2. The van der Waals surface area contributed by atoms with Gasteiger partial charge < -0.3 is 10.2 Å². The second-order valence-corrected chi connectivity index (χ2v) is 7.49. The van der Waals surface area contributed by atoms with Gasteiger partial charge in [0.05, 0.1) is 6.04 Å². The summed E-state index contributed by atoms with van der Waals surface area (Å²) >= 11 is 3.37. The standard InChI is InChI=1S/C19H20N2OS2/c1-21(2)17(16-13-24-18-6-4-3-5-15(16)18)11-20-19(22)8-7-14-9-10-23-12-14/h3-10,12-13,17H,11H2,1-2H3,(H,20,22)/b8-7+/t17-/m0/s1. The van der Waals surface area contributed by atoms with Crippen LogP contribution in [0.15, 0.2) is 52.5 Å². The molecule has 3 nitrogen and oxygen atoms in total. The first kappa shape index (κ1) is 16.9. The molecular weight excluding hydrogens is 336 g/mol. The Hall–Kier alpha value is -1.95. The highest BCUT2D eigenvalue weighted by Gasteiger charge is 2.18. The van der Waals surface area contributed by atoms with Gasteiger partial charge in [-0.15, -0.1) is 11.3 Å². The van der Waals surface area contributed by atoms with Gasteiger partial charge in [0.25, 0.3) is 0 Å². The quantitative estimate of drug-likeness (QED) is 0.664. The molecule has 0 bridgehead atoms. The lowest BCUT2D eigenvalue weighted by molar-refractivity contribution is -0.116. The van der Waals surface area contributed by atoms with Gasteiger partial charge in [-0.05, 0) is 65.0 Å². The maximum Gasteiger partial charge on any atom is 0.244 e. The van der Waals surface area contributed by atoms with Crippen molar-refractivity contribution >= 4 is 44.7 Å². The predicted molar refractivity (Wildman–Crippen MR) is 105 cm³/mol. The minimum Gasteiger partial charge on any atom is -0.351 e. The van der Waals surface area contributed by atoms with Crippen molar-refractivity contribution in [2.75, 3.05) is 20.6 Å². The third kappa shape index (κ3) is 3.93. The number of likely N-dealkylation sites (N-methyl/N-ethyl adjacent to an activating group) is 1. The van der Waals surface area contributed by atoms with Crippen LogP contribution in [-0.2, 0) is 4.79 Å². The molecule has 0 radical (unpaired) electrons. The molecule has 5 heteroatoms. The molecule has 1 atom stereocenters. The highest BCUT2D eigenvalue weighted by atomic mass is 32.1. The SMILES string of the molecule is CN(C)[C@@H](CNC(=O)/C=C/c1ccsc1)c1csc2ccccc12. The van der Waals surface area contributed by atoms with Gasteiger partial charge in [-0.25, -0.2) is 0 Å². The number of thiophene rings is 2. The number of nitrogens with zero attached hydrogens (tertiary/aromatic N) is 1. The number of hydrogen-bond donors (Lipinski definition) is 1. The van der Waals surface area contributed by atoms with E-state index in [0.717, 1.165) is 5.56 Å². The Morgan fingerprint density at radius 3 is 2.83 bits per heavy atom. The van der Waals surface area contributed by atoms with E-state index in [2.05, 4.69) is 39.9 Å². The zero-order valence-corrected chi connectivity index (χ0v) is 15.4. The summed E-state index contributed by atoms with van der Waals surface area (Å²) in [5.74, 6) is -0.0624. The van der Waals surface area contributed by atoms with Crippen LogP contribution in [0, 0.1) is 0 Å². The summed E-state index contributed by atoms with van der Waals surface area (Å²) in [6, 6.07) is 10.6. The van der Waals surface area contributed by atoms with E-state index >= 15 is 0 Å². The Morgan fingerprint density at radius 2 is 2.08 bits per heavy atom. The van der Waals surface area contributed by atoms with Crippen LogP contribution in [0.4, 0.5) is 0 Å². The lowest BCUT2D eigenvalue weighted by atomic mass is 10.0. The van der Waals surface area contributed by atoms with Crippen molar-refractivity contribution in [1.82, 2.24) is 10.2 Å². The molecule has 0 aliphatic heterocycles. The van der Waals surface area contributed by atoms with Crippen molar-refractivity contribution in [2.45, 2.75) is 6.04 Å². The number of hydrogen-bond acceptors (Lipinski definition) is 4. The number of nitrogens with one attached hydrogen (secondary N) is 1. The molecule has 0 aliphatic rings. The van der Waals surface area contributed by atoms with E-state index in [9.17, 15) is 4.79 Å². The molecule has 1 N–H and O–H groups in total. The van der Waals surface area contributed by atoms with E-state index in [0.29, 0.717) is 6.54 Å². The van der Waals surface area contributed by atoms with E-state index in [4.69, 9.17) is 0 Å². The zero-order chi connectivity index (χ0) is 16.9. The molecule has 0 saturated carbocycles. The minimum absolute atomic E-state index is 0.0624. The number of carbonyl (C=O) groups excluding carboxylic acids is 1. The predicted octanol–water partition coefficient (Wildman–Crippen LogP) is 4.40. The van der Waals surface area contributed by atoms with Gasteiger partial charge in [0.2, 0.25) is 5.91 Å². The Kier molecular flexibility index (Phi) is 5.45. The summed E-state index contributed by atoms with van der Waals surface area (Å²) in [5, 5.41) is 10.5. The molecule has 0 unspecified atom stereocenters. The first-order chi connectivity index (χ1) is 11.6. The van der Waals surface area contributed by atoms with Gasteiger partial charge in [-0.3, -0.25) is 4.79 Å². The van der Waals surface area contributed by atoms with Crippen LogP contribution in [0.2, 0.25) is 0 Å². The summed E-state index contributed by atoms with van der Waals surface area (Å²) in [5.41, 5.74) is 2.32. The van der Waals surface area contributed by atoms with Crippen LogP contribution in [0.5, 0.6) is 0 Å². The first-order valence-electron chi connectivity index (χ1n) is 7.76. The van der Waals surface area contributed by atoms with Crippen molar-refractivity contribution < 1.29 is 4.79 Å². The van der Waals surface area contributed by atoms with Crippen molar-refractivity contribution in [3.63, 3.8) is 0 Å². The molecule has 124 valence electrons. The average Bonchev–Trinajstić information content (AvgIpc) is 3.23. The number of rotatable bonds is 6. The maximum absolute atomic E-state index is 12.1. The second kappa shape index (κ2) is 7.75. The lowest BCUT2D eigenvalue weighted by Crippen LogP contribution is -2.33. The Morgan fingerprint density at radius 1 is 1.25 bits per heavy atom. The van der Waals surface area contributed by atoms with Gasteiger partial charge in [0.1, 0.15) is 0 Å². The Labute approximate surface area is 150 Å². The molecule has 3 aromatic rings. The smallest absolute Gasteiger partial charge is 0.244 e. The third-order valence-corrected chi connectivity index (χ3v) is 5.62. The molecule has 2 heterocycles. The number of carbonyl (C=O) groups is 1. The number of fused-ring (bicyclic) bond motifs is 1. The normalized spacial score (nSPS) is 13.0. The van der Waals surface area contributed by atoms with Gasteiger partial charge in [-0.1, -0.05) is 18.2 Å². The van der Waals surface area contributed by atoms with Crippen molar-refractivity contribution in [3.05, 3.63) is 63.7 Å². The van der Waals surface area contributed by atoms with Gasteiger partial charge in [0.15, 0.2) is 0 Å². The third-order valence-electron chi connectivity index (χ3n) is 3.93. The van der Waals surface area contributed by atoms with Crippen LogP contribution in [0.25, 0.3) is 16.2 Å². The molecule has 1 aromatic carbocycles. The average molecular weight is 357 g/mol. The summed E-state index contributed by atoms with van der Waals surface area (Å²) < 4.78 is 1.28. The molecule has 1 amide bonds. The van der Waals surface area contributed by atoms with Gasteiger partial charge >= 0.3 is 0 Å². The van der Waals surface area contributed by atoms with E-state index in [1.54, 1.807) is 28.7 Å². The molecule has 0 aliphatic carbocycles. The fourth-order valence-electron chi connectivity index (χ4n) is 2.63. The van der Waals surface area contributed by atoms with E-state index in [1.807, 2.05) is 37.0 Å². The largest absolute Gasteiger partial charge is 0.351 e. The van der Waals surface area contributed by atoms with Crippen LogP contribution in [0.1, 0.15) is 17.2 Å². The monoisotopic (exact) mass is 356 g/mol. The Balaban J connectivity index is 1.69. The summed E-state index contributed by atoms with van der Waals surface area (Å²) in [6.45, 7) is 0.584. The Bertz CT molecular complexity index is 834. The molecule has 0 fully saturated rings. The first-order valence-corrected chi connectivity index (χ1v) is 9.58. The van der Waals surface area contributed by atoms with Crippen LogP contribution < -0.4 is 5.32 Å². The van der Waals surface area contributed by atoms with Crippen LogP contribution in [-0.4, -0.2) is 31.4 Å². The maximum atomic E-state index is 12.1. The number of benzene rings is 1. The van der Waals surface area contributed by atoms with Crippen LogP contribution >= 0.6 is 22.7 Å². The second-order valence-electron chi connectivity index (χ2n) is 5.80. The molecule has 0 saturated heterocycles. The van der Waals surface area contributed by atoms with Gasteiger partial charge in [-0.2, -0.15) is 11.3 Å². The topological polar surface area (TPSA) is 32.3 Å². The summed E-state index contributed by atoms with van der Waals surface area (Å²) in [4.78, 5) is 14.2. The molecule has 24 heavy (non-hydrogen) atoms. The fourth-order valence-corrected chi connectivity index (χ4v) is 4.26. The van der Waals surface area contributed by atoms with E-state index in [1.165, 1.54) is 15.6 Å². The molecule has 3 rings (SSSR count).